The van der Waals surface area contributed by atoms with Crippen molar-refractivity contribution < 1.29 is 17.5 Å². The summed E-state index contributed by atoms with van der Waals surface area (Å²) >= 11 is 1.78. The zero-order chi connectivity index (χ0) is 19.7. The molecule has 1 heterocycles. The number of nitrogens with zero attached hydrogens (tertiary/aromatic N) is 3. The van der Waals surface area contributed by atoms with Crippen LogP contribution in [0.25, 0.3) is 0 Å². The first kappa shape index (κ1) is 25.2. The van der Waals surface area contributed by atoms with Crippen LogP contribution < -0.4 is 10.1 Å². The fraction of sp³-hybridized carbons (Fsp3) is 0.588. The Morgan fingerprint density at radius 2 is 1.96 bits per heavy atom. The van der Waals surface area contributed by atoms with Crippen molar-refractivity contribution in [3.05, 3.63) is 30.1 Å². The number of hydrogen-bond acceptors (Lipinski definition) is 5. The number of ether oxygens (including phenoxy) is 1. The number of nitrogens with one attached hydrogen (secondary N) is 1. The van der Waals surface area contributed by atoms with Gasteiger partial charge in [0.2, 0.25) is 10.0 Å². The summed E-state index contributed by atoms with van der Waals surface area (Å²) in [6, 6.07) is 5.85. The molecule has 0 atom stereocenters. The summed E-state index contributed by atoms with van der Waals surface area (Å²) in [5, 5.41) is 3.08. The first-order valence-corrected chi connectivity index (χ1v) is 11.5. The minimum absolute atomic E-state index is 0. The molecule has 160 valence electrons. The average molecular weight is 546 g/mol. The van der Waals surface area contributed by atoms with Crippen molar-refractivity contribution in [2.75, 3.05) is 64.1 Å². The molecule has 0 spiro atoms. The van der Waals surface area contributed by atoms with Gasteiger partial charge in [-0.15, -0.1) is 24.0 Å². The summed E-state index contributed by atoms with van der Waals surface area (Å²) < 4.78 is 44.7. The van der Waals surface area contributed by atoms with Gasteiger partial charge in [-0.2, -0.15) is 11.8 Å². The zero-order valence-corrected chi connectivity index (χ0v) is 20.1. The molecule has 7 nitrogen and oxygen atoms in total. The summed E-state index contributed by atoms with van der Waals surface area (Å²) in [7, 11) is 0.255. The molecule has 1 aromatic rings. The van der Waals surface area contributed by atoms with Crippen molar-refractivity contribution in [3.63, 3.8) is 0 Å². The molecule has 1 aliphatic rings. The minimum atomic E-state index is -3.24. The highest BCUT2D eigenvalue weighted by Gasteiger charge is 2.23. The van der Waals surface area contributed by atoms with E-state index in [-0.39, 0.29) is 35.5 Å². The van der Waals surface area contributed by atoms with Crippen LogP contribution in [0.15, 0.2) is 29.3 Å². The highest BCUT2D eigenvalue weighted by Crippen LogP contribution is 2.13. The molecule has 1 fully saturated rings. The third-order valence-electron chi connectivity index (χ3n) is 4.09. The smallest absolute Gasteiger partial charge is 0.215 e. The second kappa shape index (κ2) is 12.7. The van der Waals surface area contributed by atoms with Crippen molar-refractivity contribution >= 4 is 51.7 Å². The van der Waals surface area contributed by atoms with Crippen LogP contribution in [-0.2, 0) is 10.0 Å². The first-order valence-electron chi connectivity index (χ1n) is 8.78. The molecular weight excluding hydrogens is 518 g/mol. The van der Waals surface area contributed by atoms with Crippen LogP contribution in [0.3, 0.4) is 0 Å². The van der Waals surface area contributed by atoms with Gasteiger partial charge < -0.3 is 15.0 Å². The van der Waals surface area contributed by atoms with Gasteiger partial charge in [0.25, 0.3) is 0 Å². The lowest BCUT2D eigenvalue weighted by atomic mass is 10.3. The summed E-state index contributed by atoms with van der Waals surface area (Å²) in [4.78, 5) is 6.03. The van der Waals surface area contributed by atoms with Crippen molar-refractivity contribution in [2.45, 2.75) is 0 Å². The van der Waals surface area contributed by atoms with E-state index in [9.17, 15) is 12.8 Å². The molecule has 0 aliphatic carbocycles. The Kier molecular flexibility index (Phi) is 11.5. The van der Waals surface area contributed by atoms with Gasteiger partial charge in [0.1, 0.15) is 18.2 Å². The van der Waals surface area contributed by atoms with E-state index in [1.807, 2.05) is 11.9 Å². The maximum absolute atomic E-state index is 12.9. The maximum atomic E-state index is 12.9. The summed E-state index contributed by atoms with van der Waals surface area (Å²) in [6.07, 6.45) is 0. The molecule has 1 saturated heterocycles. The van der Waals surface area contributed by atoms with E-state index in [2.05, 4.69) is 10.3 Å². The number of sulfonamides is 1. The van der Waals surface area contributed by atoms with E-state index in [1.165, 1.54) is 12.1 Å². The predicted octanol–water partition coefficient (Wildman–Crippen LogP) is 1.71. The zero-order valence-electron chi connectivity index (χ0n) is 16.1. The summed E-state index contributed by atoms with van der Waals surface area (Å²) in [5.74, 6) is 2.63. The van der Waals surface area contributed by atoms with Gasteiger partial charge in [-0.05, 0) is 24.3 Å². The maximum Gasteiger partial charge on any atom is 0.215 e. The molecule has 0 saturated carbocycles. The second-order valence-corrected chi connectivity index (χ2v) is 9.34. The SMILES string of the molecule is CN=C(NCCS(=O)(=O)N1CCSCC1)N(C)CCOc1ccc(F)cc1.I. The minimum Gasteiger partial charge on any atom is -0.492 e. The van der Waals surface area contributed by atoms with E-state index in [4.69, 9.17) is 4.74 Å². The summed E-state index contributed by atoms with van der Waals surface area (Å²) in [5.41, 5.74) is 0. The first-order chi connectivity index (χ1) is 12.9. The Morgan fingerprint density at radius 1 is 1.32 bits per heavy atom. The second-order valence-electron chi connectivity index (χ2n) is 6.03. The lowest BCUT2D eigenvalue weighted by molar-refractivity contribution is 0.281. The van der Waals surface area contributed by atoms with E-state index in [0.29, 0.717) is 44.5 Å². The van der Waals surface area contributed by atoms with E-state index >= 15 is 0 Å². The van der Waals surface area contributed by atoms with Gasteiger partial charge in [0.05, 0.1) is 12.3 Å². The van der Waals surface area contributed by atoms with Crippen LogP contribution in [0.4, 0.5) is 4.39 Å². The van der Waals surface area contributed by atoms with Crippen molar-refractivity contribution in [3.8, 4) is 5.75 Å². The van der Waals surface area contributed by atoms with Crippen molar-refractivity contribution in [1.82, 2.24) is 14.5 Å². The van der Waals surface area contributed by atoms with Crippen LogP contribution in [0.5, 0.6) is 5.75 Å². The molecule has 0 radical (unpaired) electrons. The van der Waals surface area contributed by atoms with E-state index < -0.39 is 10.0 Å². The van der Waals surface area contributed by atoms with Crippen LogP contribution in [-0.4, -0.2) is 87.7 Å². The summed E-state index contributed by atoms with van der Waals surface area (Å²) in [6.45, 7) is 2.41. The number of halogens is 2. The molecule has 0 amide bonds. The molecule has 28 heavy (non-hydrogen) atoms. The monoisotopic (exact) mass is 546 g/mol. The largest absolute Gasteiger partial charge is 0.492 e. The van der Waals surface area contributed by atoms with Gasteiger partial charge in [-0.3, -0.25) is 4.99 Å². The van der Waals surface area contributed by atoms with Crippen LogP contribution in [0, 0.1) is 5.82 Å². The van der Waals surface area contributed by atoms with Gasteiger partial charge in [0.15, 0.2) is 5.96 Å². The number of aliphatic imine (C=N–C) groups is 1. The van der Waals surface area contributed by atoms with Crippen molar-refractivity contribution in [1.29, 1.82) is 0 Å². The molecule has 11 heteroatoms. The molecule has 1 aromatic carbocycles. The molecule has 0 bridgehead atoms. The third kappa shape index (κ3) is 8.29. The Hall–Kier alpha value is -0.790. The van der Waals surface area contributed by atoms with Crippen LogP contribution >= 0.6 is 35.7 Å². The van der Waals surface area contributed by atoms with E-state index in [0.717, 1.165) is 11.5 Å². The number of benzene rings is 1. The number of guanidine groups is 1. The Labute approximate surface area is 188 Å². The molecular formula is C17H28FIN4O3S2. The van der Waals surface area contributed by atoms with Crippen LogP contribution in [0.2, 0.25) is 0 Å². The number of rotatable bonds is 8. The standard InChI is InChI=1S/C17H27FN4O3S2.HI/c1-19-17(20-7-14-27(23,24)22-9-12-26-13-10-22)21(2)8-11-25-16-5-3-15(18)4-6-16;/h3-6H,7-14H2,1-2H3,(H,19,20);1H. The Bertz CT molecular complexity index is 714. The third-order valence-corrected chi connectivity index (χ3v) is 6.90. The van der Waals surface area contributed by atoms with Gasteiger partial charge in [-0.25, -0.2) is 17.1 Å². The van der Waals surface area contributed by atoms with Gasteiger partial charge in [0, 0.05) is 45.2 Å². The molecule has 1 N–H and O–H groups in total. The van der Waals surface area contributed by atoms with Crippen LogP contribution in [0.1, 0.15) is 0 Å². The average Bonchev–Trinajstić information content (AvgIpc) is 2.67. The topological polar surface area (TPSA) is 74.2 Å². The van der Waals surface area contributed by atoms with Gasteiger partial charge in [-0.1, -0.05) is 0 Å². The van der Waals surface area contributed by atoms with Gasteiger partial charge >= 0.3 is 0 Å². The fourth-order valence-electron chi connectivity index (χ4n) is 2.57. The number of likely N-dealkylation sites (N-methyl/N-ethyl adjacent to an activating group) is 1. The lowest BCUT2D eigenvalue weighted by Gasteiger charge is -2.26. The molecule has 1 aliphatic heterocycles. The Morgan fingerprint density at radius 3 is 2.57 bits per heavy atom. The molecule has 2 rings (SSSR count). The highest BCUT2D eigenvalue weighted by molar-refractivity contribution is 14.0. The lowest BCUT2D eigenvalue weighted by Crippen LogP contribution is -2.45. The fourth-order valence-corrected chi connectivity index (χ4v) is 5.06. The highest BCUT2D eigenvalue weighted by atomic mass is 127. The van der Waals surface area contributed by atoms with Crippen molar-refractivity contribution in [2.24, 2.45) is 4.99 Å². The molecule has 0 unspecified atom stereocenters. The number of hydrogen-bond donors (Lipinski definition) is 1. The normalized spacial score (nSPS) is 15.6. The molecule has 0 aromatic heterocycles. The quantitative estimate of drug-likeness (QED) is 0.304. The number of thioether (sulfide) groups is 1. The predicted molar refractivity (Wildman–Crippen MR) is 124 cm³/mol. The van der Waals surface area contributed by atoms with E-state index in [1.54, 1.807) is 35.2 Å². The Balaban J connectivity index is 0.00000392.